The Hall–Kier alpha value is 0.377. The minimum absolute atomic E-state index is 0.0325. The number of ether oxygens (including phenoxy) is 1. The lowest BCUT2D eigenvalue weighted by molar-refractivity contribution is -0.148. The van der Waals surface area contributed by atoms with Crippen molar-refractivity contribution in [2.45, 2.75) is 76.8 Å². The Morgan fingerprint density at radius 3 is 2.45 bits per heavy atom. The Kier molecular flexibility index (Phi) is 4.14. The van der Waals surface area contributed by atoms with Gasteiger partial charge < -0.3 is 9.16 Å². The first-order valence-corrected chi connectivity index (χ1v) is 11.8. The van der Waals surface area contributed by atoms with E-state index in [1.807, 2.05) is 0 Å². The third-order valence-electron chi connectivity index (χ3n) is 5.66. The lowest BCUT2D eigenvalue weighted by atomic mass is 9.77. The predicted octanol–water partition coefficient (Wildman–Crippen LogP) is 4.30. The van der Waals surface area contributed by atoms with Crippen LogP contribution >= 0.6 is 22.6 Å². The van der Waals surface area contributed by atoms with Gasteiger partial charge in [0.2, 0.25) is 0 Å². The highest BCUT2D eigenvalue weighted by molar-refractivity contribution is 14.1. The van der Waals surface area contributed by atoms with Crippen molar-refractivity contribution in [1.29, 1.82) is 0 Å². The average Bonchev–Trinajstić information content (AvgIpc) is 2.60. The van der Waals surface area contributed by atoms with E-state index in [2.05, 4.69) is 63.4 Å². The predicted molar refractivity (Wildman–Crippen MR) is 91.7 cm³/mol. The van der Waals surface area contributed by atoms with Crippen molar-refractivity contribution < 1.29 is 14.0 Å². The smallest absolute Gasteiger partial charge is 0.307 e. The van der Waals surface area contributed by atoms with Gasteiger partial charge in [0.15, 0.2) is 8.32 Å². The molecule has 1 heterocycles. The van der Waals surface area contributed by atoms with Crippen molar-refractivity contribution in [2.75, 3.05) is 4.43 Å². The molecule has 0 N–H and O–H groups in total. The number of carbonyl (C=O) groups is 1. The largest absolute Gasteiger partial charge is 0.458 e. The highest BCUT2D eigenvalue weighted by atomic mass is 127. The zero-order valence-corrected chi connectivity index (χ0v) is 16.7. The maximum atomic E-state index is 11.7. The molecule has 0 radical (unpaired) electrons. The third kappa shape index (κ3) is 2.58. The van der Waals surface area contributed by atoms with Crippen molar-refractivity contribution in [3.63, 3.8) is 0 Å². The minimum atomic E-state index is -1.76. The van der Waals surface area contributed by atoms with Crippen molar-refractivity contribution >= 4 is 36.9 Å². The van der Waals surface area contributed by atoms with E-state index >= 15 is 0 Å². The topological polar surface area (TPSA) is 35.5 Å². The van der Waals surface area contributed by atoms with E-state index in [1.54, 1.807) is 0 Å². The van der Waals surface area contributed by atoms with Gasteiger partial charge in [-0.3, -0.25) is 4.79 Å². The van der Waals surface area contributed by atoms with Crippen molar-refractivity contribution in [3.05, 3.63) is 0 Å². The molecule has 2 fully saturated rings. The number of rotatable bonds is 3. The normalized spacial score (nSPS) is 38.0. The van der Waals surface area contributed by atoms with Crippen molar-refractivity contribution in [2.24, 2.45) is 5.41 Å². The Morgan fingerprint density at radius 2 is 2.00 bits per heavy atom. The number of halogens is 1. The molecule has 5 heteroatoms. The van der Waals surface area contributed by atoms with Crippen LogP contribution in [0.25, 0.3) is 0 Å². The molecular formula is C15H27IO3Si. The summed E-state index contributed by atoms with van der Waals surface area (Å²) in [6.45, 7) is 13.6. The number of hydrogen-bond acceptors (Lipinski definition) is 3. The van der Waals surface area contributed by atoms with E-state index < -0.39 is 8.32 Å². The summed E-state index contributed by atoms with van der Waals surface area (Å²) in [6.07, 6.45) is 2.61. The van der Waals surface area contributed by atoms with E-state index in [0.717, 1.165) is 17.3 Å². The molecule has 1 saturated carbocycles. The van der Waals surface area contributed by atoms with Gasteiger partial charge in [-0.25, -0.2) is 0 Å². The quantitative estimate of drug-likeness (QED) is 0.301. The van der Waals surface area contributed by atoms with Gasteiger partial charge in [-0.05, 0) is 24.6 Å². The minimum Gasteiger partial charge on any atom is -0.458 e. The maximum absolute atomic E-state index is 11.7. The summed E-state index contributed by atoms with van der Waals surface area (Å²) in [5.74, 6) is -0.0325. The Labute approximate surface area is 137 Å². The molecule has 0 bridgehead atoms. The fourth-order valence-electron chi connectivity index (χ4n) is 3.27. The van der Waals surface area contributed by atoms with Crippen LogP contribution in [0.1, 0.15) is 47.0 Å². The highest BCUT2D eigenvalue weighted by Gasteiger charge is 2.63. The van der Waals surface area contributed by atoms with E-state index in [-0.39, 0.29) is 28.1 Å². The van der Waals surface area contributed by atoms with Crippen molar-refractivity contribution in [1.82, 2.24) is 0 Å². The molecule has 3 atom stereocenters. The Balaban J connectivity index is 2.15. The number of esters is 1. The molecule has 116 valence electrons. The summed E-state index contributed by atoms with van der Waals surface area (Å²) in [5.41, 5.74) is -0.337. The van der Waals surface area contributed by atoms with Gasteiger partial charge in [-0.15, -0.1) is 0 Å². The number of alkyl halides is 1. The monoisotopic (exact) mass is 410 g/mol. The second-order valence-corrected chi connectivity index (χ2v) is 13.8. The van der Waals surface area contributed by atoms with Crippen LogP contribution in [0.15, 0.2) is 0 Å². The van der Waals surface area contributed by atoms with Crippen LogP contribution in [0.4, 0.5) is 0 Å². The van der Waals surface area contributed by atoms with E-state index in [0.29, 0.717) is 6.42 Å². The van der Waals surface area contributed by atoms with Crippen LogP contribution < -0.4 is 0 Å². The van der Waals surface area contributed by atoms with E-state index in [4.69, 9.17) is 9.16 Å². The molecule has 0 aromatic rings. The molecule has 1 aliphatic carbocycles. The van der Waals surface area contributed by atoms with E-state index in [1.165, 1.54) is 0 Å². The zero-order chi connectivity index (χ0) is 15.4. The molecule has 20 heavy (non-hydrogen) atoms. The lowest BCUT2D eigenvalue weighted by Gasteiger charge is -2.38. The number of hydrogen-bond donors (Lipinski definition) is 0. The average molecular weight is 410 g/mol. The molecule has 0 amide bonds. The van der Waals surface area contributed by atoms with Crippen LogP contribution in [0, 0.1) is 5.41 Å². The van der Waals surface area contributed by atoms with Crippen LogP contribution in [0.3, 0.4) is 0 Å². The molecule has 1 saturated heterocycles. The second kappa shape index (κ2) is 4.95. The molecule has 2 rings (SSSR count). The molecular weight excluding hydrogens is 383 g/mol. The molecule has 0 aromatic heterocycles. The van der Waals surface area contributed by atoms with Gasteiger partial charge >= 0.3 is 5.97 Å². The van der Waals surface area contributed by atoms with Crippen LogP contribution in [0.2, 0.25) is 18.1 Å². The Morgan fingerprint density at radius 1 is 1.40 bits per heavy atom. The van der Waals surface area contributed by atoms with Gasteiger partial charge in [-0.2, -0.15) is 0 Å². The lowest BCUT2D eigenvalue weighted by Crippen LogP contribution is -2.44. The van der Waals surface area contributed by atoms with Crippen LogP contribution in [0.5, 0.6) is 0 Å². The number of carbonyl (C=O) groups excluding carboxylic acids is 1. The van der Waals surface area contributed by atoms with Gasteiger partial charge in [0.05, 0.1) is 6.42 Å². The first kappa shape index (κ1) is 16.7. The standard InChI is InChI=1S/C15H27IO3Si/c1-13(2,3)20(5,6)19-11-7-14(4)9-12(17)18-15(14,8-11)10-16/h11H,7-10H2,1-6H3/t11-,14-,15+/m1/s1. The first-order valence-electron chi connectivity index (χ1n) is 7.40. The van der Waals surface area contributed by atoms with Gasteiger partial charge in [0.1, 0.15) is 5.60 Å². The van der Waals surface area contributed by atoms with Gasteiger partial charge in [0, 0.05) is 22.4 Å². The van der Waals surface area contributed by atoms with Gasteiger partial charge in [-0.1, -0.05) is 50.3 Å². The fraction of sp³-hybridized carbons (Fsp3) is 0.933. The Bertz CT molecular complexity index is 418. The van der Waals surface area contributed by atoms with Crippen molar-refractivity contribution in [3.8, 4) is 0 Å². The van der Waals surface area contributed by atoms with E-state index in [9.17, 15) is 4.79 Å². The van der Waals surface area contributed by atoms with Crippen LogP contribution in [-0.4, -0.2) is 30.4 Å². The summed E-state index contributed by atoms with van der Waals surface area (Å²) in [6, 6.07) is 0. The highest BCUT2D eigenvalue weighted by Crippen LogP contribution is 2.57. The first-order chi connectivity index (χ1) is 8.95. The molecule has 1 aliphatic heterocycles. The molecule has 0 aromatic carbocycles. The zero-order valence-electron chi connectivity index (χ0n) is 13.5. The molecule has 2 aliphatic rings. The maximum Gasteiger partial charge on any atom is 0.307 e. The second-order valence-electron chi connectivity index (χ2n) is 8.25. The van der Waals surface area contributed by atoms with Crippen LogP contribution in [-0.2, 0) is 14.0 Å². The third-order valence-corrected chi connectivity index (χ3v) is 11.4. The molecule has 0 spiro atoms. The summed E-state index contributed by atoms with van der Waals surface area (Å²) in [4.78, 5) is 11.7. The fourth-order valence-corrected chi connectivity index (χ4v) is 6.01. The number of fused-ring (bicyclic) bond motifs is 1. The summed E-state index contributed by atoms with van der Waals surface area (Å²) < 4.78 is 13.2. The molecule has 3 nitrogen and oxygen atoms in total. The molecule has 0 unspecified atom stereocenters. The van der Waals surface area contributed by atoms with Gasteiger partial charge in [0.25, 0.3) is 0 Å². The summed E-state index contributed by atoms with van der Waals surface area (Å²) >= 11 is 2.36. The summed E-state index contributed by atoms with van der Waals surface area (Å²) in [7, 11) is -1.76. The SMILES string of the molecule is CC(C)(C)[Si](C)(C)O[C@@H]1C[C@]2(C)CC(=O)O[C@]2(CI)C1. The summed E-state index contributed by atoms with van der Waals surface area (Å²) in [5, 5.41) is 0.222.